The van der Waals surface area contributed by atoms with Crippen LogP contribution in [0.5, 0.6) is 0 Å². The molecule has 2 unspecified atom stereocenters. The summed E-state index contributed by atoms with van der Waals surface area (Å²) in [5.74, 6) is 1.16. The van der Waals surface area contributed by atoms with Crippen LogP contribution in [0, 0.1) is 17.2 Å². The van der Waals surface area contributed by atoms with Gasteiger partial charge in [0, 0.05) is 13.1 Å². The zero-order valence-corrected chi connectivity index (χ0v) is 10.7. The number of carbonyl (C=O) groups is 1. The lowest BCUT2D eigenvalue weighted by Crippen LogP contribution is -2.51. The summed E-state index contributed by atoms with van der Waals surface area (Å²) in [6, 6.07) is 0. The molecular weight excluding hydrogens is 218 g/mol. The van der Waals surface area contributed by atoms with Crippen molar-refractivity contribution < 1.29 is 9.53 Å². The number of nitrogens with zero attached hydrogens (tertiary/aromatic N) is 1. The lowest BCUT2D eigenvalue weighted by Gasteiger charge is -2.27. The van der Waals surface area contributed by atoms with Gasteiger partial charge in [0.05, 0.1) is 7.11 Å². The Morgan fingerprint density at radius 2 is 1.88 bits per heavy atom. The van der Waals surface area contributed by atoms with Gasteiger partial charge in [-0.2, -0.15) is 0 Å². The van der Waals surface area contributed by atoms with Gasteiger partial charge < -0.3 is 15.0 Å². The molecule has 1 aliphatic carbocycles. The topological polar surface area (TPSA) is 65.4 Å². The fourth-order valence-corrected chi connectivity index (χ4v) is 2.92. The van der Waals surface area contributed by atoms with Crippen LogP contribution in [-0.4, -0.2) is 42.6 Å². The first kappa shape index (κ1) is 12.2. The van der Waals surface area contributed by atoms with E-state index in [1.807, 2.05) is 0 Å². The Morgan fingerprint density at radius 1 is 1.35 bits per heavy atom. The maximum Gasteiger partial charge on any atom is 0.407 e. The van der Waals surface area contributed by atoms with E-state index < -0.39 is 11.6 Å². The molecule has 2 atom stereocenters. The average Bonchev–Trinajstić information content (AvgIpc) is 2.81. The molecule has 2 fully saturated rings. The molecule has 2 N–H and O–H groups in total. The van der Waals surface area contributed by atoms with Gasteiger partial charge in [-0.3, -0.25) is 5.41 Å². The Bertz CT molecular complexity index is 329. The second-order valence-electron chi connectivity index (χ2n) is 5.11. The highest BCUT2D eigenvalue weighted by molar-refractivity contribution is 5.96. The van der Waals surface area contributed by atoms with Crippen LogP contribution in [0.3, 0.4) is 0 Å². The van der Waals surface area contributed by atoms with Gasteiger partial charge in [0.25, 0.3) is 0 Å². The van der Waals surface area contributed by atoms with Gasteiger partial charge in [-0.1, -0.05) is 13.8 Å². The smallest absolute Gasteiger partial charge is 0.407 e. The van der Waals surface area contributed by atoms with E-state index in [0.717, 1.165) is 25.9 Å². The van der Waals surface area contributed by atoms with Crippen LogP contribution in [0.2, 0.25) is 0 Å². The van der Waals surface area contributed by atoms with E-state index in [4.69, 9.17) is 5.41 Å². The first-order chi connectivity index (χ1) is 8.04. The maximum atomic E-state index is 11.4. The van der Waals surface area contributed by atoms with E-state index in [2.05, 4.69) is 28.8 Å². The molecule has 0 aromatic carbocycles. The quantitative estimate of drug-likeness (QED) is 0.566. The second kappa shape index (κ2) is 4.20. The minimum atomic E-state index is -0.503. The number of hydrogen-bond acceptors (Lipinski definition) is 3. The summed E-state index contributed by atoms with van der Waals surface area (Å²) in [6.45, 7) is 6.02. The maximum absolute atomic E-state index is 11.4. The van der Waals surface area contributed by atoms with E-state index in [1.165, 1.54) is 7.11 Å². The predicted molar refractivity (Wildman–Crippen MR) is 65.1 cm³/mol. The van der Waals surface area contributed by atoms with Crippen molar-refractivity contribution in [1.82, 2.24) is 10.2 Å². The summed E-state index contributed by atoms with van der Waals surface area (Å²) in [6.07, 6.45) is 1.84. The van der Waals surface area contributed by atoms with Crippen LogP contribution < -0.4 is 5.32 Å². The summed E-state index contributed by atoms with van der Waals surface area (Å²) in [7, 11) is 1.36. The van der Waals surface area contributed by atoms with Gasteiger partial charge in [0.15, 0.2) is 0 Å². The number of amidine groups is 1. The minimum Gasteiger partial charge on any atom is -0.453 e. The van der Waals surface area contributed by atoms with Crippen LogP contribution in [0.4, 0.5) is 4.79 Å². The summed E-state index contributed by atoms with van der Waals surface area (Å²) in [5, 5.41) is 11.2. The number of rotatable bonds is 2. The van der Waals surface area contributed by atoms with Crippen LogP contribution >= 0.6 is 0 Å². The molecule has 17 heavy (non-hydrogen) atoms. The molecule has 1 saturated carbocycles. The molecule has 1 amide bonds. The van der Waals surface area contributed by atoms with E-state index in [0.29, 0.717) is 17.7 Å². The van der Waals surface area contributed by atoms with Gasteiger partial charge in [0.1, 0.15) is 11.4 Å². The van der Waals surface area contributed by atoms with Crippen LogP contribution in [-0.2, 0) is 4.74 Å². The van der Waals surface area contributed by atoms with Crippen molar-refractivity contribution in [3.63, 3.8) is 0 Å². The molecule has 2 aliphatic rings. The molecule has 2 rings (SSSR count). The van der Waals surface area contributed by atoms with Crippen LogP contribution in [0.1, 0.15) is 26.7 Å². The Morgan fingerprint density at radius 3 is 2.29 bits per heavy atom. The van der Waals surface area contributed by atoms with Gasteiger partial charge in [-0.05, 0) is 24.7 Å². The van der Waals surface area contributed by atoms with Gasteiger partial charge in [0.2, 0.25) is 0 Å². The number of hydrogen-bond donors (Lipinski definition) is 2. The van der Waals surface area contributed by atoms with Crippen LogP contribution in [0.15, 0.2) is 0 Å². The molecule has 1 heterocycles. The Balaban J connectivity index is 2.12. The molecule has 0 bridgehead atoms. The molecule has 0 aromatic heterocycles. The summed E-state index contributed by atoms with van der Waals surface area (Å²) < 4.78 is 4.67. The van der Waals surface area contributed by atoms with Crippen molar-refractivity contribution in [1.29, 1.82) is 5.41 Å². The number of ether oxygens (including phenoxy) is 1. The first-order valence-corrected chi connectivity index (χ1v) is 6.24. The normalized spacial score (nSPS) is 35.6. The number of carbonyl (C=O) groups excluding carboxylic acids is 1. The molecule has 1 saturated heterocycles. The monoisotopic (exact) mass is 239 g/mol. The third-order valence-electron chi connectivity index (χ3n) is 4.39. The molecule has 5 heteroatoms. The Labute approximate surface area is 102 Å². The Kier molecular flexibility index (Phi) is 3.02. The molecule has 96 valence electrons. The number of amides is 1. The van der Waals surface area contributed by atoms with Crippen molar-refractivity contribution in [3.05, 3.63) is 0 Å². The standard InChI is InChI=1S/C12H21N3O2/c1-8-9(2)12(8,14-11(16)17-3)10(13)15-6-4-5-7-15/h8-9,13H,4-7H2,1-3H3,(H,14,16). The zero-order valence-electron chi connectivity index (χ0n) is 10.7. The van der Waals surface area contributed by atoms with Crippen molar-refractivity contribution >= 4 is 11.9 Å². The Hall–Kier alpha value is -1.26. The fraction of sp³-hybridized carbons (Fsp3) is 0.833. The molecule has 5 nitrogen and oxygen atoms in total. The number of likely N-dealkylation sites (tertiary alicyclic amines) is 1. The van der Waals surface area contributed by atoms with Crippen LogP contribution in [0.25, 0.3) is 0 Å². The fourth-order valence-electron chi connectivity index (χ4n) is 2.92. The molecule has 0 spiro atoms. The molecule has 0 radical (unpaired) electrons. The SMILES string of the molecule is COC(=O)NC1(C(=N)N2CCCC2)C(C)C1C. The van der Waals surface area contributed by atoms with E-state index in [1.54, 1.807) is 0 Å². The largest absolute Gasteiger partial charge is 0.453 e. The second-order valence-corrected chi connectivity index (χ2v) is 5.11. The van der Waals surface area contributed by atoms with Gasteiger partial charge in [-0.25, -0.2) is 4.79 Å². The number of alkyl carbamates (subject to hydrolysis) is 1. The average molecular weight is 239 g/mol. The zero-order chi connectivity index (χ0) is 12.6. The highest BCUT2D eigenvalue weighted by atomic mass is 16.5. The third kappa shape index (κ3) is 1.77. The summed E-state index contributed by atoms with van der Waals surface area (Å²) in [4.78, 5) is 13.5. The predicted octanol–water partition coefficient (Wildman–Crippen LogP) is 1.44. The van der Waals surface area contributed by atoms with Crippen molar-refractivity contribution in [2.24, 2.45) is 11.8 Å². The van der Waals surface area contributed by atoms with Crippen molar-refractivity contribution in [3.8, 4) is 0 Å². The molecular formula is C12H21N3O2. The molecule has 0 aromatic rings. The summed E-state index contributed by atoms with van der Waals surface area (Å²) in [5.41, 5.74) is -0.503. The van der Waals surface area contributed by atoms with Crippen molar-refractivity contribution in [2.75, 3.05) is 20.2 Å². The number of methoxy groups -OCH3 is 1. The highest BCUT2D eigenvalue weighted by Gasteiger charge is 2.64. The highest BCUT2D eigenvalue weighted by Crippen LogP contribution is 2.51. The first-order valence-electron chi connectivity index (χ1n) is 6.24. The third-order valence-corrected chi connectivity index (χ3v) is 4.39. The number of nitrogens with one attached hydrogen (secondary N) is 2. The lowest BCUT2D eigenvalue weighted by atomic mass is 10.1. The van der Waals surface area contributed by atoms with E-state index >= 15 is 0 Å². The van der Waals surface area contributed by atoms with Gasteiger partial charge in [-0.15, -0.1) is 0 Å². The summed E-state index contributed by atoms with van der Waals surface area (Å²) >= 11 is 0. The molecule has 1 aliphatic heterocycles. The minimum absolute atomic E-state index is 0.301. The van der Waals surface area contributed by atoms with Gasteiger partial charge >= 0.3 is 6.09 Å². The van der Waals surface area contributed by atoms with Crippen molar-refractivity contribution in [2.45, 2.75) is 32.2 Å². The van der Waals surface area contributed by atoms with E-state index in [9.17, 15) is 4.79 Å². The van der Waals surface area contributed by atoms with E-state index in [-0.39, 0.29) is 0 Å². The lowest BCUT2D eigenvalue weighted by molar-refractivity contribution is 0.166.